The lowest BCUT2D eigenvalue weighted by Crippen LogP contribution is -2.26. The van der Waals surface area contributed by atoms with E-state index in [0.29, 0.717) is 11.3 Å². The van der Waals surface area contributed by atoms with E-state index in [1.165, 1.54) is 38.4 Å². The fourth-order valence-corrected chi connectivity index (χ4v) is 3.26. The molecule has 3 aromatic rings. The van der Waals surface area contributed by atoms with Gasteiger partial charge >= 0.3 is 5.76 Å². The Hall–Kier alpha value is -3.24. The van der Waals surface area contributed by atoms with Crippen molar-refractivity contribution in [2.24, 2.45) is 0 Å². The average Bonchev–Trinajstić information content (AvgIpc) is 3.03. The Balaban J connectivity index is 1.70. The van der Waals surface area contributed by atoms with E-state index in [0.717, 1.165) is 8.99 Å². The van der Waals surface area contributed by atoms with Crippen LogP contribution in [0.15, 0.2) is 68.7 Å². The first-order valence-corrected chi connectivity index (χ1v) is 9.67. The summed E-state index contributed by atoms with van der Waals surface area (Å²) in [5.74, 6) is -1.13. The van der Waals surface area contributed by atoms with E-state index in [2.05, 4.69) is 10.4 Å². The van der Waals surface area contributed by atoms with Crippen LogP contribution in [0.5, 0.6) is 0 Å². The first-order valence-electron chi connectivity index (χ1n) is 8.23. The number of nitrogens with one attached hydrogen (secondary N) is 1. The van der Waals surface area contributed by atoms with Crippen LogP contribution in [0.25, 0.3) is 11.5 Å². The quantitative estimate of drug-likeness (QED) is 0.666. The molecule has 10 heteroatoms. The predicted octanol–water partition coefficient (Wildman–Crippen LogP) is 1.39. The first-order chi connectivity index (χ1) is 13.3. The summed E-state index contributed by atoms with van der Waals surface area (Å²) in [6, 6.07) is 14.6. The first kappa shape index (κ1) is 19.5. The molecule has 0 unspecified atom stereocenters. The standard InChI is InChI=1S/C18H18N4O5S/c1-21(2)28(25,26)15-10-8-14(9-11-15)19-16(23)12-22-18(24)27-17(20-22)13-6-4-3-5-7-13/h3-11H,12H2,1-2H3,(H,19,23). The zero-order chi connectivity index (χ0) is 20.3. The lowest BCUT2D eigenvalue weighted by atomic mass is 10.2. The van der Waals surface area contributed by atoms with Gasteiger partial charge in [-0.2, -0.15) is 4.68 Å². The van der Waals surface area contributed by atoms with Gasteiger partial charge in [0.1, 0.15) is 6.54 Å². The molecule has 146 valence electrons. The molecule has 0 saturated heterocycles. The minimum atomic E-state index is -3.55. The number of benzene rings is 2. The van der Waals surface area contributed by atoms with Gasteiger partial charge in [-0.1, -0.05) is 18.2 Å². The van der Waals surface area contributed by atoms with Gasteiger partial charge in [0, 0.05) is 25.3 Å². The highest BCUT2D eigenvalue weighted by Gasteiger charge is 2.17. The van der Waals surface area contributed by atoms with Gasteiger partial charge in [0.2, 0.25) is 21.8 Å². The Labute approximate surface area is 161 Å². The smallest absolute Gasteiger partial charge is 0.388 e. The third kappa shape index (κ3) is 4.18. The SMILES string of the molecule is CN(C)S(=O)(=O)c1ccc(NC(=O)Cn2nc(-c3ccccc3)oc2=O)cc1. The third-order valence-corrected chi connectivity index (χ3v) is 5.67. The Morgan fingerprint density at radius 3 is 2.36 bits per heavy atom. The Morgan fingerprint density at radius 2 is 1.75 bits per heavy atom. The molecule has 1 N–H and O–H groups in total. The number of amides is 1. The number of hydrogen-bond donors (Lipinski definition) is 1. The van der Waals surface area contributed by atoms with Gasteiger partial charge in [0.05, 0.1) is 4.90 Å². The van der Waals surface area contributed by atoms with Crippen LogP contribution in [0, 0.1) is 0 Å². The molecule has 0 spiro atoms. The summed E-state index contributed by atoms with van der Waals surface area (Å²) >= 11 is 0. The lowest BCUT2D eigenvalue weighted by molar-refractivity contribution is -0.117. The maximum Gasteiger partial charge on any atom is 0.437 e. The zero-order valence-corrected chi connectivity index (χ0v) is 16.0. The van der Waals surface area contributed by atoms with E-state index in [1.54, 1.807) is 24.3 Å². The summed E-state index contributed by atoms with van der Waals surface area (Å²) in [4.78, 5) is 24.2. The molecule has 0 saturated carbocycles. The maximum absolute atomic E-state index is 12.2. The number of anilines is 1. The van der Waals surface area contributed by atoms with Crippen molar-refractivity contribution in [3.63, 3.8) is 0 Å². The second-order valence-electron chi connectivity index (χ2n) is 6.06. The monoisotopic (exact) mass is 402 g/mol. The number of sulfonamides is 1. The summed E-state index contributed by atoms with van der Waals surface area (Å²) in [6.07, 6.45) is 0. The van der Waals surface area contributed by atoms with Gasteiger partial charge in [0.25, 0.3) is 0 Å². The highest BCUT2D eigenvalue weighted by molar-refractivity contribution is 7.89. The number of rotatable bonds is 6. The molecule has 2 aromatic carbocycles. The van der Waals surface area contributed by atoms with Crippen molar-refractivity contribution in [3.05, 3.63) is 65.1 Å². The molecule has 1 amide bonds. The molecular weight excluding hydrogens is 384 g/mol. The van der Waals surface area contributed by atoms with Crippen molar-refractivity contribution >= 4 is 21.6 Å². The van der Waals surface area contributed by atoms with Crippen molar-refractivity contribution in [1.29, 1.82) is 0 Å². The number of carbonyl (C=O) groups excluding carboxylic acids is 1. The largest absolute Gasteiger partial charge is 0.437 e. The molecule has 0 atom stereocenters. The number of carbonyl (C=O) groups is 1. The summed E-state index contributed by atoms with van der Waals surface area (Å²) in [5, 5.41) is 6.61. The molecule has 0 aliphatic heterocycles. The molecule has 1 aromatic heterocycles. The van der Waals surface area contributed by atoms with E-state index in [1.807, 2.05) is 6.07 Å². The van der Waals surface area contributed by atoms with Gasteiger partial charge < -0.3 is 9.73 Å². The van der Waals surface area contributed by atoms with Crippen LogP contribution >= 0.6 is 0 Å². The minimum Gasteiger partial charge on any atom is -0.388 e. The predicted molar refractivity (Wildman–Crippen MR) is 102 cm³/mol. The van der Waals surface area contributed by atoms with Gasteiger partial charge in [0.15, 0.2) is 0 Å². The molecule has 9 nitrogen and oxygen atoms in total. The zero-order valence-electron chi connectivity index (χ0n) is 15.2. The fourth-order valence-electron chi connectivity index (χ4n) is 2.36. The van der Waals surface area contributed by atoms with E-state index in [9.17, 15) is 18.0 Å². The van der Waals surface area contributed by atoms with Crippen LogP contribution in [-0.4, -0.2) is 42.5 Å². The topological polar surface area (TPSA) is 115 Å². The van der Waals surface area contributed by atoms with Gasteiger partial charge in [-0.15, -0.1) is 5.10 Å². The Bertz CT molecular complexity index is 1130. The van der Waals surface area contributed by atoms with Crippen molar-refractivity contribution in [1.82, 2.24) is 14.1 Å². The van der Waals surface area contributed by atoms with Crippen LogP contribution in [0.3, 0.4) is 0 Å². The van der Waals surface area contributed by atoms with Crippen LogP contribution in [0.1, 0.15) is 0 Å². The van der Waals surface area contributed by atoms with Gasteiger partial charge in [-0.3, -0.25) is 4.79 Å². The van der Waals surface area contributed by atoms with Crippen LogP contribution in [-0.2, 0) is 21.4 Å². The fraction of sp³-hybridized carbons (Fsp3) is 0.167. The summed E-state index contributed by atoms with van der Waals surface area (Å²) in [6.45, 7) is -0.340. The molecule has 0 radical (unpaired) electrons. The summed E-state index contributed by atoms with van der Waals surface area (Å²) in [5.41, 5.74) is 1.01. The maximum atomic E-state index is 12.2. The highest BCUT2D eigenvalue weighted by atomic mass is 32.2. The molecule has 1 heterocycles. The summed E-state index contributed by atoms with van der Waals surface area (Å²) < 4.78 is 31.2. The van der Waals surface area contributed by atoms with E-state index >= 15 is 0 Å². The normalized spacial score (nSPS) is 11.5. The van der Waals surface area contributed by atoms with Gasteiger partial charge in [-0.05, 0) is 36.4 Å². The molecular formula is C18H18N4O5S. The van der Waals surface area contributed by atoms with Crippen LogP contribution < -0.4 is 11.1 Å². The molecule has 28 heavy (non-hydrogen) atoms. The third-order valence-electron chi connectivity index (χ3n) is 3.84. The summed E-state index contributed by atoms with van der Waals surface area (Å²) in [7, 11) is -0.677. The van der Waals surface area contributed by atoms with Crippen molar-refractivity contribution in [2.45, 2.75) is 11.4 Å². The average molecular weight is 402 g/mol. The molecule has 0 fully saturated rings. The van der Waals surface area contributed by atoms with E-state index in [-0.39, 0.29) is 17.3 Å². The second kappa shape index (κ2) is 7.79. The second-order valence-corrected chi connectivity index (χ2v) is 8.21. The molecule has 0 aliphatic carbocycles. The van der Waals surface area contributed by atoms with Crippen molar-refractivity contribution in [3.8, 4) is 11.5 Å². The Morgan fingerprint density at radius 1 is 1.11 bits per heavy atom. The van der Waals surface area contributed by atoms with E-state index < -0.39 is 21.7 Å². The van der Waals surface area contributed by atoms with Crippen molar-refractivity contribution in [2.75, 3.05) is 19.4 Å². The lowest BCUT2D eigenvalue weighted by Gasteiger charge is -2.11. The number of nitrogens with zero attached hydrogens (tertiary/aromatic N) is 3. The molecule has 3 rings (SSSR count). The van der Waals surface area contributed by atoms with Crippen LogP contribution in [0.2, 0.25) is 0 Å². The highest BCUT2D eigenvalue weighted by Crippen LogP contribution is 2.17. The molecule has 0 bridgehead atoms. The van der Waals surface area contributed by atoms with Crippen LogP contribution in [0.4, 0.5) is 5.69 Å². The molecule has 0 aliphatic rings. The van der Waals surface area contributed by atoms with Gasteiger partial charge in [-0.25, -0.2) is 17.5 Å². The number of aromatic nitrogens is 2. The number of hydrogen-bond acceptors (Lipinski definition) is 6. The minimum absolute atomic E-state index is 0.107. The Kier molecular flexibility index (Phi) is 5.43. The van der Waals surface area contributed by atoms with Crippen molar-refractivity contribution < 1.29 is 17.6 Å². The van der Waals surface area contributed by atoms with E-state index in [4.69, 9.17) is 4.42 Å².